The molecule has 2 nitrogen and oxygen atoms in total. The third-order valence-electron chi connectivity index (χ3n) is 2.58. The van der Waals surface area contributed by atoms with Crippen molar-refractivity contribution >= 4 is 0 Å². The zero-order valence-electron chi connectivity index (χ0n) is 6.76. The predicted molar refractivity (Wildman–Crippen MR) is 44.2 cm³/mol. The first-order valence-corrected chi connectivity index (χ1v) is 4.08. The van der Waals surface area contributed by atoms with Crippen LogP contribution in [0.15, 0.2) is 18.5 Å². The molecule has 1 heterocycles. The van der Waals surface area contributed by atoms with Crippen molar-refractivity contribution in [1.82, 2.24) is 4.98 Å². The lowest BCUT2D eigenvalue weighted by molar-refractivity contribution is 0.569. The smallest absolute Gasteiger partial charge is 0.130 e. The maximum Gasteiger partial charge on any atom is 0.130 e. The van der Waals surface area contributed by atoms with E-state index in [-0.39, 0.29) is 11.2 Å². The second kappa shape index (κ2) is 2.52. The van der Waals surface area contributed by atoms with Gasteiger partial charge in [-0.2, -0.15) is 0 Å². The molecule has 1 aromatic heterocycles. The van der Waals surface area contributed by atoms with Crippen molar-refractivity contribution in [3.8, 4) is 0 Å². The van der Waals surface area contributed by atoms with Crippen LogP contribution < -0.4 is 5.73 Å². The molecule has 1 aliphatic rings. The Hall–Kier alpha value is -0.960. The standard InChI is InChI=1S/C9H11FN2/c10-8-1-4-12-5-7(8)9(6-11)2-3-9/h1,4-5H,2-3,6,11H2. The van der Waals surface area contributed by atoms with Crippen molar-refractivity contribution < 1.29 is 4.39 Å². The first kappa shape index (κ1) is 7.68. The average molecular weight is 166 g/mol. The number of aromatic nitrogens is 1. The van der Waals surface area contributed by atoms with Gasteiger partial charge in [-0.15, -0.1) is 0 Å². The van der Waals surface area contributed by atoms with Crippen LogP contribution in [0.2, 0.25) is 0 Å². The molecule has 0 aromatic carbocycles. The Morgan fingerprint density at radius 2 is 2.33 bits per heavy atom. The fraction of sp³-hybridized carbons (Fsp3) is 0.444. The predicted octanol–water partition coefficient (Wildman–Crippen LogP) is 1.21. The van der Waals surface area contributed by atoms with Crippen LogP contribution in [0.3, 0.4) is 0 Å². The van der Waals surface area contributed by atoms with Gasteiger partial charge in [0.15, 0.2) is 0 Å². The monoisotopic (exact) mass is 166 g/mol. The van der Waals surface area contributed by atoms with E-state index >= 15 is 0 Å². The van der Waals surface area contributed by atoms with Crippen LogP contribution in [0.4, 0.5) is 4.39 Å². The van der Waals surface area contributed by atoms with Crippen molar-refractivity contribution in [2.45, 2.75) is 18.3 Å². The highest BCUT2D eigenvalue weighted by Gasteiger charge is 2.44. The Morgan fingerprint density at radius 3 is 2.83 bits per heavy atom. The van der Waals surface area contributed by atoms with Gasteiger partial charge in [0.2, 0.25) is 0 Å². The Kier molecular flexibility index (Phi) is 1.61. The molecule has 0 aliphatic heterocycles. The van der Waals surface area contributed by atoms with Crippen molar-refractivity contribution in [1.29, 1.82) is 0 Å². The van der Waals surface area contributed by atoms with Gasteiger partial charge in [0.1, 0.15) is 5.82 Å². The van der Waals surface area contributed by atoms with Crippen molar-refractivity contribution in [3.05, 3.63) is 29.8 Å². The third kappa shape index (κ3) is 1.01. The summed E-state index contributed by atoms with van der Waals surface area (Å²) in [5, 5.41) is 0. The van der Waals surface area contributed by atoms with Crippen LogP contribution >= 0.6 is 0 Å². The van der Waals surface area contributed by atoms with E-state index in [9.17, 15) is 4.39 Å². The molecule has 1 aliphatic carbocycles. The van der Waals surface area contributed by atoms with Gasteiger partial charge in [0.05, 0.1) is 0 Å². The van der Waals surface area contributed by atoms with E-state index in [1.54, 1.807) is 6.20 Å². The fourth-order valence-corrected chi connectivity index (χ4v) is 1.50. The highest BCUT2D eigenvalue weighted by atomic mass is 19.1. The van der Waals surface area contributed by atoms with E-state index in [1.807, 2.05) is 0 Å². The Balaban J connectivity index is 2.40. The summed E-state index contributed by atoms with van der Waals surface area (Å²) in [5.74, 6) is -0.173. The number of hydrogen-bond acceptors (Lipinski definition) is 2. The summed E-state index contributed by atoms with van der Waals surface area (Å²) in [6.07, 6.45) is 5.04. The van der Waals surface area contributed by atoms with Gasteiger partial charge in [-0.05, 0) is 18.9 Å². The zero-order chi connectivity index (χ0) is 8.60. The molecular weight excluding hydrogens is 155 g/mol. The van der Waals surface area contributed by atoms with Gasteiger partial charge < -0.3 is 5.73 Å². The Bertz CT molecular complexity index is 294. The number of halogens is 1. The van der Waals surface area contributed by atoms with Crippen LogP contribution in [0.25, 0.3) is 0 Å². The summed E-state index contributed by atoms with van der Waals surface area (Å²) in [4.78, 5) is 3.90. The van der Waals surface area contributed by atoms with Crippen LogP contribution in [-0.2, 0) is 5.41 Å². The van der Waals surface area contributed by atoms with Crippen LogP contribution in [0.5, 0.6) is 0 Å². The molecule has 1 aromatic rings. The van der Waals surface area contributed by atoms with Crippen molar-refractivity contribution in [3.63, 3.8) is 0 Å². The van der Waals surface area contributed by atoms with E-state index in [0.717, 1.165) is 12.8 Å². The second-order valence-corrected chi connectivity index (χ2v) is 3.34. The molecular formula is C9H11FN2. The summed E-state index contributed by atoms with van der Waals surface area (Å²) >= 11 is 0. The molecule has 0 bridgehead atoms. The van der Waals surface area contributed by atoms with Crippen molar-refractivity contribution in [2.75, 3.05) is 6.54 Å². The first-order valence-electron chi connectivity index (χ1n) is 4.08. The van der Waals surface area contributed by atoms with E-state index in [1.165, 1.54) is 12.3 Å². The number of nitrogens with zero attached hydrogens (tertiary/aromatic N) is 1. The number of pyridine rings is 1. The van der Waals surface area contributed by atoms with Gasteiger partial charge in [0, 0.05) is 29.9 Å². The molecule has 0 radical (unpaired) electrons. The highest BCUT2D eigenvalue weighted by molar-refractivity contribution is 5.30. The molecule has 2 N–H and O–H groups in total. The van der Waals surface area contributed by atoms with E-state index in [0.29, 0.717) is 12.1 Å². The molecule has 12 heavy (non-hydrogen) atoms. The first-order chi connectivity index (χ1) is 5.78. The molecule has 0 unspecified atom stereocenters. The van der Waals surface area contributed by atoms with Crippen LogP contribution in [-0.4, -0.2) is 11.5 Å². The van der Waals surface area contributed by atoms with Gasteiger partial charge >= 0.3 is 0 Å². The van der Waals surface area contributed by atoms with Crippen molar-refractivity contribution in [2.24, 2.45) is 5.73 Å². The third-order valence-corrected chi connectivity index (χ3v) is 2.58. The minimum atomic E-state index is -0.173. The molecule has 0 atom stereocenters. The number of rotatable bonds is 2. The normalized spacial score (nSPS) is 19.2. The Labute approximate surface area is 70.6 Å². The molecule has 0 amide bonds. The lowest BCUT2D eigenvalue weighted by atomic mass is 9.98. The van der Waals surface area contributed by atoms with Gasteiger partial charge in [-0.1, -0.05) is 0 Å². The summed E-state index contributed by atoms with van der Waals surface area (Å²) in [5.41, 5.74) is 6.18. The van der Waals surface area contributed by atoms with Gasteiger partial charge in [-0.3, -0.25) is 4.98 Å². The quantitative estimate of drug-likeness (QED) is 0.717. The lowest BCUT2D eigenvalue weighted by Gasteiger charge is -2.12. The number of nitrogens with two attached hydrogens (primary N) is 1. The molecule has 1 saturated carbocycles. The molecule has 0 spiro atoms. The SMILES string of the molecule is NCC1(c2cnccc2F)CC1. The highest BCUT2D eigenvalue weighted by Crippen LogP contribution is 2.47. The molecule has 3 heteroatoms. The largest absolute Gasteiger partial charge is 0.330 e. The van der Waals surface area contributed by atoms with E-state index in [2.05, 4.69) is 4.98 Å². The summed E-state index contributed by atoms with van der Waals surface area (Å²) in [6.45, 7) is 0.523. The fourth-order valence-electron chi connectivity index (χ4n) is 1.50. The summed E-state index contributed by atoms with van der Waals surface area (Å²) < 4.78 is 13.2. The maximum absolute atomic E-state index is 13.2. The maximum atomic E-state index is 13.2. The van der Waals surface area contributed by atoms with Crippen LogP contribution in [0, 0.1) is 5.82 Å². The minimum absolute atomic E-state index is 0.0850. The molecule has 1 fully saturated rings. The lowest BCUT2D eigenvalue weighted by Crippen LogP contribution is -2.21. The summed E-state index contributed by atoms with van der Waals surface area (Å²) in [6, 6.07) is 1.39. The minimum Gasteiger partial charge on any atom is -0.330 e. The average Bonchev–Trinajstić information content (AvgIpc) is 2.86. The van der Waals surface area contributed by atoms with Crippen LogP contribution in [0.1, 0.15) is 18.4 Å². The topological polar surface area (TPSA) is 38.9 Å². The van der Waals surface area contributed by atoms with E-state index < -0.39 is 0 Å². The summed E-state index contributed by atoms with van der Waals surface area (Å²) in [7, 11) is 0. The van der Waals surface area contributed by atoms with Gasteiger partial charge in [-0.25, -0.2) is 4.39 Å². The molecule has 64 valence electrons. The Morgan fingerprint density at radius 1 is 1.58 bits per heavy atom. The second-order valence-electron chi connectivity index (χ2n) is 3.34. The molecule has 2 rings (SSSR count). The molecule has 0 saturated heterocycles. The van der Waals surface area contributed by atoms with Gasteiger partial charge in [0.25, 0.3) is 0 Å². The zero-order valence-corrected chi connectivity index (χ0v) is 6.76. The number of hydrogen-bond donors (Lipinski definition) is 1. The van der Waals surface area contributed by atoms with E-state index in [4.69, 9.17) is 5.73 Å².